The Bertz CT molecular complexity index is 1280. The van der Waals surface area contributed by atoms with E-state index in [1.807, 2.05) is 31.2 Å². The number of carbonyl (C=O) groups excluding carboxylic acids is 2. The monoisotopic (exact) mass is 463 g/mol. The van der Waals surface area contributed by atoms with Gasteiger partial charge in [-0.05, 0) is 48.9 Å². The summed E-state index contributed by atoms with van der Waals surface area (Å²) in [7, 11) is 2.96. The van der Waals surface area contributed by atoms with E-state index < -0.39 is 17.7 Å². The van der Waals surface area contributed by atoms with Crippen molar-refractivity contribution in [1.29, 1.82) is 0 Å². The van der Waals surface area contributed by atoms with Crippen molar-refractivity contribution in [2.45, 2.75) is 13.0 Å². The molecule has 0 aromatic heterocycles. The number of halogens is 1. The van der Waals surface area contributed by atoms with Crippen LogP contribution < -0.4 is 14.4 Å². The molecule has 0 saturated carbocycles. The highest BCUT2D eigenvalue weighted by molar-refractivity contribution is 6.51. The van der Waals surface area contributed by atoms with Gasteiger partial charge in [0.05, 0.1) is 31.4 Å². The first-order chi connectivity index (χ1) is 15.8. The summed E-state index contributed by atoms with van der Waals surface area (Å²) in [5, 5.41) is 11.8. The van der Waals surface area contributed by atoms with Crippen LogP contribution in [-0.2, 0) is 9.59 Å². The second-order valence-electron chi connectivity index (χ2n) is 7.63. The molecule has 7 heteroatoms. The smallest absolute Gasteiger partial charge is 0.300 e. The van der Waals surface area contributed by atoms with E-state index in [0.717, 1.165) is 5.56 Å². The molecule has 33 heavy (non-hydrogen) atoms. The van der Waals surface area contributed by atoms with Gasteiger partial charge in [0.2, 0.25) is 0 Å². The Hall–Kier alpha value is -3.77. The van der Waals surface area contributed by atoms with Gasteiger partial charge >= 0.3 is 0 Å². The second-order valence-corrected chi connectivity index (χ2v) is 8.07. The highest BCUT2D eigenvalue weighted by Crippen LogP contribution is 2.44. The van der Waals surface area contributed by atoms with Crippen LogP contribution in [0.4, 0.5) is 5.69 Å². The van der Waals surface area contributed by atoms with E-state index in [9.17, 15) is 14.7 Å². The summed E-state index contributed by atoms with van der Waals surface area (Å²) in [5.41, 5.74) is 2.28. The van der Waals surface area contributed by atoms with E-state index in [1.165, 1.54) is 19.1 Å². The van der Waals surface area contributed by atoms with Crippen LogP contribution in [0.1, 0.15) is 22.7 Å². The molecular formula is C26H22ClNO5. The third-order valence-electron chi connectivity index (χ3n) is 5.55. The minimum Gasteiger partial charge on any atom is -0.507 e. The molecule has 1 aliphatic rings. The van der Waals surface area contributed by atoms with Crippen molar-refractivity contribution in [3.63, 3.8) is 0 Å². The molecule has 3 aromatic rings. The molecular weight excluding hydrogens is 442 g/mol. The van der Waals surface area contributed by atoms with Gasteiger partial charge in [-0.1, -0.05) is 47.5 Å². The maximum absolute atomic E-state index is 13.3. The highest BCUT2D eigenvalue weighted by atomic mass is 35.5. The number of rotatable bonds is 5. The van der Waals surface area contributed by atoms with Crippen LogP contribution in [0, 0.1) is 6.92 Å². The molecule has 0 radical (unpaired) electrons. The number of aliphatic hydroxyl groups is 1. The summed E-state index contributed by atoms with van der Waals surface area (Å²) in [6.07, 6.45) is 0. The molecule has 1 fully saturated rings. The Morgan fingerprint density at radius 1 is 0.970 bits per heavy atom. The van der Waals surface area contributed by atoms with Gasteiger partial charge in [-0.3, -0.25) is 14.5 Å². The molecule has 1 aliphatic heterocycles. The molecule has 1 unspecified atom stereocenters. The normalized spacial score (nSPS) is 17.3. The molecule has 1 saturated heterocycles. The maximum atomic E-state index is 13.3. The number of amides is 1. The lowest BCUT2D eigenvalue weighted by atomic mass is 9.94. The number of Topliss-reactive ketones (excluding diaryl/α,β-unsaturated/α-hetero) is 1. The first-order valence-electron chi connectivity index (χ1n) is 10.2. The van der Waals surface area contributed by atoms with Gasteiger partial charge in [0, 0.05) is 10.7 Å². The van der Waals surface area contributed by atoms with Crippen molar-refractivity contribution in [3.8, 4) is 11.5 Å². The fourth-order valence-electron chi connectivity index (χ4n) is 4.02. The first-order valence-corrected chi connectivity index (χ1v) is 10.6. The van der Waals surface area contributed by atoms with Crippen molar-refractivity contribution in [1.82, 2.24) is 0 Å². The van der Waals surface area contributed by atoms with Gasteiger partial charge in [0.25, 0.3) is 11.7 Å². The highest BCUT2D eigenvalue weighted by Gasteiger charge is 2.47. The van der Waals surface area contributed by atoms with Crippen LogP contribution >= 0.6 is 11.6 Å². The third-order valence-corrected chi connectivity index (χ3v) is 5.79. The number of methoxy groups -OCH3 is 2. The zero-order valence-electron chi connectivity index (χ0n) is 18.3. The number of carbonyl (C=O) groups is 2. The molecule has 6 nitrogen and oxygen atoms in total. The summed E-state index contributed by atoms with van der Waals surface area (Å²) in [4.78, 5) is 27.9. The number of benzene rings is 3. The Labute approximate surface area is 196 Å². The van der Waals surface area contributed by atoms with Crippen molar-refractivity contribution in [2.75, 3.05) is 19.1 Å². The molecule has 168 valence electrons. The Balaban J connectivity index is 2.00. The molecule has 1 N–H and O–H groups in total. The molecule has 1 atom stereocenters. The number of hydrogen-bond acceptors (Lipinski definition) is 5. The number of aliphatic hydroxyl groups excluding tert-OH is 1. The standard InChI is InChI=1S/C26H22ClNO5/c1-15-6-4-7-16(12-15)23-22(24(29)20-14-19(32-2)10-11-21(20)33-3)25(30)26(31)28(23)18-9-5-8-17(27)13-18/h4-14,23,29H,1-3H3/b24-22+. The van der Waals surface area contributed by atoms with Crippen LogP contribution in [0.3, 0.4) is 0 Å². The molecule has 4 rings (SSSR count). The lowest BCUT2D eigenvalue weighted by Crippen LogP contribution is -2.29. The van der Waals surface area contributed by atoms with Crippen LogP contribution in [0.5, 0.6) is 11.5 Å². The molecule has 1 heterocycles. The average Bonchev–Trinajstić information content (AvgIpc) is 3.08. The van der Waals surface area contributed by atoms with E-state index >= 15 is 0 Å². The van der Waals surface area contributed by atoms with Crippen LogP contribution in [0.15, 0.2) is 72.3 Å². The SMILES string of the molecule is COc1ccc(OC)c(/C(O)=C2\C(=O)C(=O)N(c3cccc(Cl)c3)C2c2cccc(C)c2)c1. The number of aryl methyl sites for hydroxylation is 1. The summed E-state index contributed by atoms with van der Waals surface area (Å²) < 4.78 is 10.7. The summed E-state index contributed by atoms with van der Waals surface area (Å²) in [6, 6.07) is 18.2. The lowest BCUT2D eigenvalue weighted by molar-refractivity contribution is -0.132. The quantitative estimate of drug-likeness (QED) is 0.316. The fourth-order valence-corrected chi connectivity index (χ4v) is 4.21. The van der Waals surface area contributed by atoms with Gasteiger partial charge in [0.15, 0.2) is 0 Å². The number of nitrogens with zero attached hydrogens (tertiary/aromatic N) is 1. The predicted molar refractivity (Wildman–Crippen MR) is 127 cm³/mol. The Morgan fingerprint density at radius 3 is 2.39 bits per heavy atom. The van der Waals surface area contributed by atoms with E-state index in [-0.39, 0.29) is 16.9 Å². The van der Waals surface area contributed by atoms with Gasteiger partial charge in [0.1, 0.15) is 17.3 Å². The van der Waals surface area contributed by atoms with Crippen LogP contribution in [0.2, 0.25) is 5.02 Å². The van der Waals surface area contributed by atoms with Crippen LogP contribution in [-0.4, -0.2) is 31.0 Å². The summed E-state index contributed by atoms with van der Waals surface area (Å²) >= 11 is 6.18. The zero-order chi connectivity index (χ0) is 23.7. The van der Waals surface area contributed by atoms with Gasteiger partial charge < -0.3 is 14.6 Å². The van der Waals surface area contributed by atoms with Gasteiger partial charge in [-0.25, -0.2) is 0 Å². The number of hydrogen-bond donors (Lipinski definition) is 1. The van der Waals surface area contributed by atoms with Crippen LogP contribution in [0.25, 0.3) is 5.76 Å². The first kappa shape index (κ1) is 22.4. The van der Waals surface area contributed by atoms with Crippen molar-refractivity contribution < 1.29 is 24.2 Å². The van der Waals surface area contributed by atoms with E-state index in [0.29, 0.717) is 27.8 Å². The van der Waals surface area contributed by atoms with Crippen molar-refractivity contribution in [2.24, 2.45) is 0 Å². The largest absolute Gasteiger partial charge is 0.507 e. The Morgan fingerprint density at radius 2 is 1.73 bits per heavy atom. The van der Waals surface area contributed by atoms with Crippen molar-refractivity contribution >= 4 is 34.7 Å². The van der Waals surface area contributed by atoms with E-state index in [1.54, 1.807) is 42.5 Å². The minimum absolute atomic E-state index is 0.0443. The molecule has 1 amide bonds. The maximum Gasteiger partial charge on any atom is 0.300 e. The fraction of sp³-hybridized carbons (Fsp3) is 0.154. The molecule has 3 aromatic carbocycles. The second kappa shape index (κ2) is 9.00. The lowest BCUT2D eigenvalue weighted by Gasteiger charge is -2.26. The van der Waals surface area contributed by atoms with E-state index in [2.05, 4.69) is 0 Å². The molecule has 0 aliphatic carbocycles. The molecule has 0 bridgehead atoms. The van der Waals surface area contributed by atoms with Gasteiger partial charge in [-0.15, -0.1) is 0 Å². The topological polar surface area (TPSA) is 76.1 Å². The number of anilines is 1. The van der Waals surface area contributed by atoms with Crippen molar-refractivity contribution in [3.05, 3.63) is 94.0 Å². The molecule has 0 spiro atoms. The predicted octanol–water partition coefficient (Wildman–Crippen LogP) is 5.29. The summed E-state index contributed by atoms with van der Waals surface area (Å²) in [5.74, 6) is -1.10. The average molecular weight is 464 g/mol. The minimum atomic E-state index is -0.862. The zero-order valence-corrected chi connectivity index (χ0v) is 19.1. The number of ketones is 1. The summed E-state index contributed by atoms with van der Waals surface area (Å²) in [6.45, 7) is 1.92. The number of ether oxygens (including phenoxy) is 2. The Kier molecular flexibility index (Phi) is 6.11. The van der Waals surface area contributed by atoms with E-state index in [4.69, 9.17) is 21.1 Å². The van der Waals surface area contributed by atoms with Gasteiger partial charge in [-0.2, -0.15) is 0 Å². The third kappa shape index (κ3) is 4.05.